The molecule has 294 valence electrons. The van der Waals surface area contributed by atoms with E-state index >= 15 is 0 Å². The summed E-state index contributed by atoms with van der Waals surface area (Å²) in [4.78, 5) is 24.3. The Bertz CT molecular complexity index is 2340. The third-order valence-corrected chi connectivity index (χ3v) is 9.56. The number of rotatable bonds is 4. The number of anilines is 6. The summed E-state index contributed by atoms with van der Waals surface area (Å²) in [6.07, 6.45) is -11.3. The fourth-order valence-electron chi connectivity index (χ4n) is 6.18. The van der Waals surface area contributed by atoms with E-state index in [1.807, 2.05) is 12.1 Å². The number of carbonyl (C=O) groups is 2. The molecule has 6 aromatic rings. The minimum absolute atomic E-state index is 0.00426. The number of nitrogen functional groups attached to an aromatic ring is 6. The van der Waals surface area contributed by atoms with Gasteiger partial charge in [0, 0.05) is 45.0 Å². The molecular weight excluding hydrogens is 793 g/mol. The number of hydrogen-bond acceptors (Lipinski definition) is 8. The van der Waals surface area contributed by atoms with E-state index < -0.39 is 28.9 Å². The minimum Gasteiger partial charge on any atom is -0.399 e. The van der Waals surface area contributed by atoms with Crippen LogP contribution in [0.5, 0.6) is 0 Å². The number of halogens is 8. The SMILES string of the molecule is Nc1cc(C(=O)c2ccc(Cl)c(N)c2)ccc1Cl.Nc1ccc2c(c1)C(=O)c1cc(N)ccc1-2.Nc1cccc(C(c2cccc(N)c2)(C(F)(F)F)C(F)(F)F)c1. The molecule has 0 bridgehead atoms. The molecule has 8 nitrogen and oxygen atoms in total. The van der Waals surface area contributed by atoms with Crippen molar-refractivity contribution in [2.45, 2.75) is 17.8 Å². The number of benzene rings is 6. The molecule has 16 heteroatoms. The van der Waals surface area contributed by atoms with Crippen molar-refractivity contribution in [1.29, 1.82) is 0 Å². The van der Waals surface area contributed by atoms with Gasteiger partial charge in [0.25, 0.3) is 0 Å². The Balaban J connectivity index is 0.000000166. The lowest BCUT2D eigenvalue weighted by molar-refractivity contribution is -0.288. The molecule has 0 fully saturated rings. The van der Waals surface area contributed by atoms with E-state index in [0.717, 1.165) is 35.4 Å². The van der Waals surface area contributed by atoms with Crippen molar-refractivity contribution in [3.63, 3.8) is 0 Å². The molecule has 6 aromatic carbocycles. The number of ketones is 2. The second-order valence-electron chi connectivity index (χ2n) is 12.7. The third-order valence-electron chi connectivity index (χ3n) is 8.87. The van der Waals surface area contributed by atoms with Gasteiger partial charge in [-0.25, -0.2) is 0 Å². The van der Waals surface area contributed by atoms with E-state index in [0.29, 0.717) is 67.2 Å². The van der Waals surface area contributed by atoms with Gasteiger partial charge >= 0.3 is 12.4 Å². The maximum absolute atomic E-state index is 13.7. The summed E-state index contributed by atoms with van der Waals surface area (Å²) in [7, 11) is 0. The van der Waals surface area contributed by atoms with Crippen LogP contribution in [0.25, 0.3) is 11.1 Å². The molecule has 7 rings (SSSR count). The van der Waals surface area contributed by atoms with Crippen LogP contribution in [0.1, 0.15) is 43.0 Å². The Morgan fingerprint density at radius 2 is 0.825 bits per heavy atom. The van der Waals surface area contributed by atoms with Gasteiger partial charge in [0.2, 0.25) is 5.41 Å². The number of carbonyl (C=O) groups excluding carboxylic acids is 2. The summed E-state index contributed by atoms with van der Waals surface area (Å²) in [5, 5.41) is 0.837. The molecule has 0 radical (unpaired) electrons. The van der Waals surface area contributed by atoms with Gasteiger partial charge in [-0.2, -0.15) is 26.3 Å². The molecule has 0 saturated heterocycles. The van der Waals surface area contributed by atoms with Crippen molar-refractivity contribution >= 4 is 68.9 Å². The Kier molecular flexibility index (Phi) is 11.7. The van der Waals surface area contributed by atoms with Crippen molar-refractivity contribution in [3.8, 4) is 11.1 Å². The van der Waals surface area contributed by atoms with Gasteiger partial charge in [0.15, 0.2) is 11.6 Å². The van der Waals surface area contributed by atoms with Gasteiger partial charge in [0.05, 0.1) is 21.4 Å². The first-order valence-electron chi connectivity index (χ1n) is 16.5. The van der Waals surface area contributed by atoms with Gasteiger partial charge in [-0.15, -0.1) is 0 Å². The largest absolute Gasteiger partial charge is 0.411 e. The Hall–Kier alpha value is -6.38. The van der Waals surface area contributed by atoms with Crippen LogP contribution in [-0.2, 0) is 5.41 Å². The fourth-order valence-corrected chi connectivity index (χ4v) is 6.41. The predicted molar refractivity (Wildman–Crippen MR) is 214 cm³/mol. The van der Waals surface area contributed by atoms with Crippen LogP contribution < -0.4 is 34.4 Å². The molecule has 0 amide bonds. The zero-order valence-corrected chi connectivity index (χ0v) is 30.9. The summed E-state index contributed by atoms with van der Waals surface area (Å²) in [6.45, 7) is 0. The molecule has 0 aliphatic heterocycles. The van der Waals surface area contributed by atoms with Crippen molar-refractivity contribution in [2.24, 2.45) is 0 Å². The lowest BCUT2D eigenvalue weighted by Crippen LogP contribution is -2.54. The Labute approximate surface area is 332 Å². The molecule has 0 heterocycles. The van der Waals surface area contributed by atoms with Crippen LogP contribution >= 0.6 is 23.2 Å². The van der Waals surface area contributed by atoms with Gasteiger partial charge < -0.3 is 34.4 Å². The average molecular weight is 826 g/mol. The van der Waals surface area contributed by atoms with Crippen LogP contribution in [0, 0.1) is 0 Å². The van der Waals surface area contributed by atoms with E-state index in [9.17, 15) is 35.9 Å². The summed E-state index contributed by atoms with van der Waals surface area (Å²) in [5.41, 5.74) is 32.9. The van der Waals surface area contributed by atoms with Gasteiger partial charge in [0.1, 0.15) is 0 Å². The van der Waals surface area contributed by atoms with Crippen molar-refractivity contribution < 1.29 is 35.9 Å². The number of hydrogen-bond donors (Lipinski definition) is 6. The molecule has 1 aliphatic carbocycles. The molecule has 0 aromatic heterocycles. The number of fused-ring (bicyclic) bond motifs is 3. The number of alkyl halides is 6. The standard InChI is InChI=1S/C15H12F6N2.C13H10Cl2N2O.C13H10N2O/c16-14(17,18)13(15(19,20)21,9-3-1-5-11(22)7-9)10-4-2-6-12(23)8-10;14-9-3-1-7(5-11(9)16)13(18)8-2-4-10(15)12(17)6-8;14-7-1-3-9-10-4-2-8(15)6-12(10)13(16)11(9)5-7/h1-8H,22-23H2;1-6H,16-17H2;1-6H,14-15H2. The third kappa shape index (κ3) is 8.42. The zero-order chi connectivity index (χ0) is 42.0. The first-order valence-corrected chi connectivity index (χ1v) is 17.3. The quantitative estimate of drug-likeness (QED) is 0.0574. The average Bonchev–Trinajstić information content (AvgIpc) is 3.39. The summed E-state index contributed by atoms with van der Waals surface area (Å²) in [6, 6.07) is 27.6. The lowest BCUT2D eigenvalue weighted by atomic mass is 9.72. The lowest BCUT2D eigenvalue weighted by Gasteiger charge is -2.38. The van der Waals surface area contributed by atoms with Crippen LogP contribution in [0.3, 0.4) is 0 Å². The second kappa shape index (κ2) is 16.0. The highest BCUT2D eigenvalue weighted by Gasteiger charge is 2.72. The molecule has 0 atom stereocenters. The first-order chi connectivity index (χ1) is 26.6. The highest BCUT2D eigenvalue weighted by molar-refractivity contribution is 6.34. The highest BCUT2D eigenvalue weighted by atomic mass is 35.5. The monoisotopic (exact) mass is 824 g/mol. The second-order valence-corrected chi connectivity index (χ2v) is 13.6. The number of nitrogens with two attached hydrogens (primary N) is 6. The molecule has 0 unspecified atom stereocenters. The smallest absolute Gasteiger partial charge is 0.399 e. The first kappa shape index (κ1) is 41.8. The van der Waals surface area contributed by atoms with Gasteiger partial charge in [-0.3, -0.25) is 9.59 Å². The highest BCUT2D eigenvalue weighted by Crippen LogP contribution is 2.56. The van der Waals surface area contributed by atoms with Crippen molar-refractivity contribution in [2.75, 3.05) is 34.4 Å². The summed E-state index contributed by atoms with van der Waals surface area (Å²) < 4.78 is 82.2. The van der Waals surface area contributed by atoms with E-state index in [1.54, 1.807) is 48.5 Å². The minimum atomic E-state index is -5.65. The van der Waals surface area contributed by atoms with Crippen LogP contribution in [0.4, 0.5) is 60.5 Å². The van der Waals surface area contributed by atoms with Gasteiger partial charge in [-0.05, 0) is 107 Å². The van der Waals surface area contributed by atoms with Crippen LogP contribution in [-0.4, -0.2) is 23.9 Å². The molecule has 0 saturated carbocycles. The molecular formula is C41H32Cl2F6N6O2. The summed E-state index contributed by atoms with van der Waals surface area (Å²) in [5.74, 6) is -0.175. The van der Waals surface area contributed by atoms with E-state index in [2.05, 4.69) is 0 Å². The zero-order valence-electron chi connectivity index (χ0n) is 29.4. The van der Waals surface area contributed by atoms with Crippen molar-refractivity contribution in [1.82, 2.24) is 0 Å². The normalized spacial score (nSPS) is 12.0. The van der Waals surface area contributed by atoms with E-state index in [4.69, 9.17) is 57.6 Å². The molecule has 1 aliphatic rings. The van der Waals surface area contributed by atoms with Crippen LogP contribution in [0.15, 0.2) is 121 Å². The molecule has 0 spiro atoms. The fraction of sp³-hybridized carbons (Fsp3) is 0.0732. The van der Waals surface area contributed by atoms with E-state index in [-0.39, 0.29) is 22.9 Å². The van der Waals surface area contributed by atoms with Gasteiger partial charge in [-0.1, -0.05) is 59.6 Å². The maximum Gasteiger partial charge on any atom is 0.411 e. The molecule has 57 heavy (non-hydrogen) atoms. The predicted octanol–water partition coefficient (Wildman–Crippen LogP) is 9.71. The van der Waals surface area contributed by atoms with E-state index in [1.165, 1.54) is 24.3 Å². The topological polar surface area (TPSA) is 190 Å². The van der Waals surface area contributed by atoms with Crippen molar-refractivity contribution in [3.05, 3.63) is 165 Å². The maximum atomic E-state index is 13.7. The summed E-state index contributed by atoms with van der Waals surface area (Å²) >= 11 is 11.6. The molecule has 12 N–H and O–H groups in total. The Morgan fingerprint density at radius 3 is 1.16 bits per heavy atom. The van der Waals surface area contributed by atoms with Crippen LogP contribution in [0.2, 0.25) is 10.0 Å². The Morgan fingerprint density at radius 1 is 0.456 bits per heavy atom.